The van der Waals surface area contributed by atoms with Crippen molar-refractivity contribution in [2.24, 2.45) is 0 Å². The molecule has 0 fully saturated rings. The van der Waals surface area contributed by atoms with Crippen molar-refractivity contribution >= 4 is 11.6 Å². The zero-order chi connectivity index (χ0) is 12.3. The van der Waals surface area contributed by atoms with Crippen molar-refractivity contribution in [3.63, 3.8) is 0 Å². The number of hydrogen-bond donors (Lipinski definition) is 2. The molecule has 2 atom stereocenters. The van der Waals surface area contributed by atoms with Crippen molar-refractivity contribution < 1.29 is 10.2 Å². The SMILES string of the molecule is Cc1cc(C#N)cc(C)c1C(O)C(O)CCl. The van der Waals surface area contributed by atoms with Gasteiger partial charge in [0.2, 0.25) is 0 Å². The third kappa shape index (κ3) is 2.53. The predicted molar refractivity (Wildman–Crippen MR) is 62.3 cm³/mol. The van der Waals surface area contributed by atoms with E-state index in [0.717, 1.165) is 11.1 Å². The first-order valence-electron chi connectivity index (χ1n) is 4.94. The molecular formula is C12H14ClNO2. The molecule has 0 heterocycles. The first-order valence-corrected chi connectivity index (χ1v) is 5.48. The molecule has 16 heavy (non-hydrogen) atoms. The van der Waals surface area contributed by atoms with Gasteiger partial charge in [-0.25, -0.2) is 0 Å². The first-order chi connectivity index (χ1) is 7.51. The fourth-order valence-electron chi connectivity index (χ4n) is 1.78. The smallest absolute Gasteiger partial charge is 0.107 e. The number of nitrogens with zero attached hydrogens (tertiary/aromatic N) is 1. The Morgan fingerprint density at radius 3 is 2.19 bits per heavy atom. The summed E-state index contributed by atoms with van der Waals surface area (Å²) in [4.78, 5) is 0. The first kappa shape index (κ1) is 13.0. The van der Waals surface area contributed by atoms with E-state index in [1.165, 1.54) is 0 Å². The third-order valence-electron chi connectivity index (χ3n) is 2.54. The minimum atomic E-state index is -1.01. The number of aliphatic hydroxyl groups excluding tert-OH is 2. The van der Waals surface area contributed by atoms with Crippen molar-refractivity contribution in [3.05, 3.63) is 34.4 Å². The summed E-state index contributed by atoms with van der Waals surface area (Å²) >= 11 is 5.50. The second kappa shape index (κ2) is 5.31. The van der Waals surface area contributed by atoms with Crippen LogP contribution in [0, 0.1) is 25.2 Å². The molecule has 86 valence electrons. The lowest BCUT2D eigenvalue weighted by atomic mass is 9.93. The van der Waals surface area contributed by atoms with Crippen LogP contribution in [0.2, 0.25) is 0 Å². The van der Waals surface area contributed by atoms with Crippen LogP contribution in [0.25, 0.3) is 0 Å². The standard InChI is InChI=1S/C12H14ClNO2/c1-7-3-9(6-14)4-8(2)11(7)12(16)10(15)5-13/h3-4,10,12,15-16H,5H2,1-2H3. The lowest BCUT2D eigenvalue weighted by Crippen LogP contribution is -2.21. The molecule has 0 aromatic heterocycles. The Balaban J connectivity index is 3.20. The van der Waals surface area contributed by atoms with Gasteiger partial charge in [0.1, 0.15) is 6.10 Å². The van der Waals surface area contributed by atoms with Gasteiger partial charge < -0.3 is 10.2 Å². The molecule has 0 aliphatic carbocycles. The molecule has 0 bridgehead atoms. The van der Waals surface area contributed by atoms with Crippen molar-refractivity contribution in [2.45, 2.75) is 26.1 Å². The zero-order valence-electron chi connectivity index (χ0n) is 9.24. The number of halogens is 1. The molecule has 0 saturated carbocycles. The number of rotatable bonds is 3. The largest absolute Gasteiger partial charge is 0.389 e. The molecule has 3 nitrogen and oxygen atoms in total. The molecule has 0 radical (unpaired) electrons. The lowest BCUT2D eigenvalue weighted by molar-refractivity contribution is 0.0319. The van der Waals surface area contributed by atoms with E-state index in [1.807, 2.05) is 6.07 Å². The Bertz CT molecular complexity index is 403. The highest BCUT2D eigenvalue weighted by Crippen LogP contribution is 2.26. The number of alkyl halides is 1. The van der Waals surface area contributed by atoms with Gasteiger partial charge in [0.05, 0.1) is 23.6 Å². The van der Waals surface area contributed by atoms with Crippen LogP contribution in [0.1, 0.15) is 28.4 Å². The number of aryl methyl sites for hydroxylation is 2. The van der Waals surface area contributed by atoms with Gasteiger partial charge in [-0.1, -0.05) is 0 Å². The van der Waals surface area contributed by atoms with Crippen molar-refractivity contribution in [2.75, 3.05) is 5.88 Å². The van der Waals surface area contributed by atoms with E-state index in [-0.39, 0.29) is 5.88 Å². The molecular weight excluding hydrogens is 226 g/mol. The molecule has 0 saturated heterocycles. The maximum atomic E-state index is 9.90. The summed E-state index contributed by atoms with van der Waals surface area (Å²) in [6.07, 6.45) is -2.00. The molecule has 0 amide bonds. The molecule has 2 unspecified atom stereocenters. The summed E-state index contributed by atoms with van der Waals surface area (Å²) < 4.78 is 0. The molecule has 1 aromatic carbocycles. The monoisotopic (exact) mass is 239 g/mol. The maximum Gasteiger partial charge on any atom is 0.107 e. The van der Waals surface area contributed by atoms with Gasteiger partial charge in [-0.3, -0.25) is 0 Å². The highest BCUT2D eigenvalue weighted by Gasteiger charge is 2.21. The van der Waals surface area contributed by atoms with E-state index in [1.54, 1.807) is 26.0 Å². The Labute approximate surface area is 99.9 Å². The quantitative estimate of drug-likeness (QED) is 0.791. The van der Waals surface area contributed by atoms with Crippen LogP contribution in [0.3, 0.4) is 0 Å². The minimum Gasteiger partial charge on any atom is -0.389 e. The van der Waals surface area contributed by atoms with Crippen LogP contribution >= 0.6 is 11.6 Å². The van der Waals surface area contributed by atoms with Crippen molar-refractivity contribution in [1.29, 1.82) is 5.26 Å². The van der Waals surface area contributed by atoms with E-state index in [0.29, 0.717) is 11.1 Å². The molecule has 2 N–H and O–H groups in total. The molecule has 0 aliphatic rings. The van der Waals surface area contributed by atoms with Gasteiger partial charge in [0.25, 0.3) is 0 Å². The second-order valence-electron chi connectivity index (χ2n) is 3.80. The summed E-state index contributed by atoms with van der Waals surface area (Å²) in [5.74, 6) is -0.0277. The third-order valence-corrected chi connectivity index (χ3v) is 2.86. The fourth-order valence-corrected chi connectivity index (χ4v) is 1.95. The average molecular weight is 240 g/mol. The van der Waals surface area contributed by atoms with Gasteiger partial charge in [-0.15, -0.1) is 11.6 Å². The van der Waals surface area contributed by atoms with Crippen LogP contribution in [-0.4, -0.2) is 22.2 Å². The normalized spacial score (nSPS) is 14.2. The highest BCUT2D eigenvalue weighted by atomic mass is 35.5. The highest BCUT2D eigenvalue weighted by molar-refractivity contribution is 6.18. The molecule has 1 aromatic rings. The summed E-state index contributed by atoms with van der Waals surface area (Å²) in [5.41, 5.74) is 2.76. The zero-order valence-corrected chi connectivity index (χ0v) is 9.99. The van der Waals surface area contributed by atoms with E-state index in [4.69, 9.17) is 16.9 Å². The summed E-state index contributed by atoms with van der Waals surface area (Å²) in [5, 5.41) is 28.2. The van der Waals surface area contributed by atoms with E-state index >= 15 is 0 Å². The van der Waals surface area contributed by atoms with Gasteiger partial charge in [-0.2, -0.15) is 5.26 Å². The number of nitriles is 1. The lowest BCUT2D eigenvalue weighted by Gasteiger charge is -2.20. The summed E-state index contributed by atoms with van der Waals surface area (Å²) in [7, 11) is 0. The Morgan fingerprint density at radius 2 is 1.81 bits per heavy atom. The Hall–Kier alpha value is -1.08. The second-order valence-corrected chi connectivity index (χ2v) is 4.11. The van der Waals surface area contributed by atoms with Gasteiger partial charge >= 0.3 is 0 Å². The topological polar surface area (TPSA) is 64.2 Å². The Kier molecular flexibility index (Phi) is 4.31. The predicted octanol–water partition coefficient (Wildman–Crippen LogP) is 1.81. The van der Waals surface area contributed by atoms with Gasteiger partial charge in [0.15, 0.2) is 0 Å². The van der Waals surface area contributed by atoms with Crippen molar-refractivity contribution in [3.8, 4) is 6.07 Å². The van der Waals surface area contributed by atoms with Crippen LogP contribution in [-0.2, 0) is 0 Å². The molecule has 0 aliphatic heterocycles. The van der Waals surface area contributed by atoms with Crippen LogP contribution in [0.4, 0.5) is 0 Å². The molecule has 4 heteroatoms. The maximum absolute atomic E-state index is 9.90. The minimum absolute atomic E-state index is 0.0277. The number of aliphatic hydroxyl groups is 2. The summed E-state index contributed by atoms with van der Waals surface area (Å²) in [6.45, 7) is 3.60. The van der Waals surface area contributed by atoms with Crippen molar-refractivity contribution in [1.82, 2.24) is 0 Å². The average Bonchev–Trinajstić information content (AvgIpc) is 2.26. The van der Waals surface area contributed by atoms with Gasteiger partial charge in [-0.05, 0) is 42.7 Å². The number of benzene rings is 1. The van der Waals surface area contributed by atoms with E-state index in [2.05, 4.69) is 0 Å². The molecule has 0 spiro atoms. The summed E-state index contributed by atoms with van der Waals surface area (Å²) in [6, 6.07) is 5.42. The van der Waals surface area contributed by atoms with E-state index < -0.39 is 12.2 Å². The van der Waals surface area contributed by atoms with E-state index in [9.17, 15) is 10.2 Å². The molecule has 1 rings (SSSR count). The van der Waals surface area contributed by atoms with Crippen LogP contribution in [0.15, 0.2) is 12.1 Å². The Morgan fingerprint density at radius 1 is 1.31 bits per heavy atom. The van der Waals surface area contributed by atoms with Crippen LogP contribution in [0.5, 0.6) is 0 Å². The van der Waals surface area contributed by atoms with Crippen LogP contribution < -0.4 is 0 Å². The number of hydrogen-bond acceptors (Lipinski definition) is 3. The fraction of sp³-hybridized carbons (Fsp3) is 0.417. The van der Waals surface area contributed by atoms with Gasteiger partial charge in [0, 0.05) is 0 Å².